The molecule has 1 N–H and O–H groups in total. The molecule has 0 spiro atoms. The second kappa shape index (κ2) is 6.09. The van der Waals surface area contributed by atoms with Crippen molar-refractivity contribution in [2.24, 2.45) is 7.05 Å². The number of amides is 2. The molecule has 0 unspecified atom stereocenters. The van der Waals surface area contributed by atoms with Crippen LogP contribution in [0.2, 0.25) is 0 Å². The molecule has 22 heavy (non-hydrogen) atoms. The maximum atomic E-state index is 12.3. The van der Waals surface area contributed by atoms with E-state index < -0.39 is 0 Å². The Balaban J connectivity index is 1.56. The number of benzene rings is 1. The van der Waals surface area contributed by atoms with Crippen LogP contribution < -0.4 is 10.2 Å². The fourth-order valence-electron chi connectivity index (χ4n) is 2.62. The quantitative estimate of drug-likeness (QED) is 0.924. The highest BCUT2D eigenvalue weighted by molar-refractivity contribution is 5.88. The zero-order chi connectivity index (χ0) is 15.5. The van der Waals surface area contributed by atoms with Crippen molar-refractivity contribution in [1.29, 1.82) is 0 Å². The average Bonchev–Trinajstić information content (AvgIpc) is 2.86. The van der Waals surface area contributed by atoms with Crippen LogP contribution in [0.15, 0.2) is 36.4 Å². The third kappa shape index (κ3) is 3.05. The van der Waals surface area contributed by atoms with Crippen LogP contribution in [0.5, 0.6) is 0 Å². The highest BCUT2D eigenvalue weighted by atomic mass is 16.2. The summed E-state index contributed by atoms with van der Waals surface area (Å²) in [5.74, 6) is 0.607. The van der Waals surface area contributed by atoms with E-state index in [0.717, 1.165) is 18.8 Å². The Morgan fingerprint density at radius 1 is 1.14 bits per heavy atom. The first kappa shape index (κ1) is 14.4. The number of aryl methyl sites for hydroxylation is 2. The Morgan fingerprint density at radius 3 is 2.41 bits per heavy atom. The Hall–Kier alpha value is -2.50. The predicted molar refractivity (Wildman–Crippen MR) is 87.2 cm³/mol. The van der Waals surface area contributed by atoms with E-state index in [1.54, 1.807) is 4.68 Å². The summed E-state index contributed by atoms with van der Waals surface area (Å²) in [5, 5.41) is 7.12. The SMILES string of the molecule is Cc1cc(NC(=O)N2CCN(c3ccccc3)CC2)nn1C. The molecule has 1 aromatic carbocycles. The van der Waals surface area contributed by atoms with E-state index in [-0.39, 0.29) is 6.03 Å². The number of piperazine rings is 1. The zero-order valence-corrected chi connectivity index (χ0v) is 13.0. The molecule has 116 valence electrons. The maximum absolute atomic E-state index is 12.3. The van der Waals surface area contributed by atoms with Gasteiger partial charge in [0.15, 0.2) is 5.82 Å². The van der Waals surface area contributed by atoms with Gasteiger partial charge in [0, 0.05) is 50.7 Å². The third-order valence-corrected chi connectivity index (χ3v) is 4.04. The van der Waals surface area contributed by atoms with E-state index in [4.69, 9.17) is 0 Å². The standard InChI is InChI=1S/C16H21N5O/c1-13-12-15(18-19(13)2)17-16(22)21-10-8-20(9-11-21)14-6-4-3-5-7-14/h3-7,12H,8-11H2,1-2H3,(H,17,18,22). The van der Waals surface area contributed by atoms with Gasteiger partial charge in [-0.1, -0.05) is 18.2 Å². The number of carbonyl (C=O) groups is 1. The lowest BCUT2D eigenvalue weighted by molar-refractivity contribution is 0.208. The van der Waals surface area contributed by atoms with Crippen LogP contribution in [0.4, 0.5) is 16.3 Å². The van der Waals surface area contributed by atoms with Crippen LogP contribution in [0.1, 0.15) is 5.69 Å². The summed E-state index contributed by atoms with van der Waals surface area (Å²) in [7, 11) is 1.86. The van der Waals surface area contributed by atoms with Gasteiger partial charge in [0.25, 0.3) is 0 Å². The van der Waals surface area contributed by atoms with Gasteiger partial charge in [0.2, 0.25) is 0 Å². The lowest BCUT2D eigenvalue weighted by Gasteiger charge is -2.35. The van der Waals surface area contributed by atoms with Crippen LogP contribution >= 0.6 is 0 Å². The molecule has 1 aliphatic rings. The molecule has 6 nitrogen and oxygen atoms in total. The van der Waals surface area contributed by atoms with Gasteiger partial charge in [-0.25, -0.2) is 4.79 Å². The number of hydrogen-bond acceptors (Lipinski definition) is 3. The lowest BCUT2D eigenvalue weighted by atomic mass is 10.2. The number of rotatable bonds is 2. The number of nitrogens with one attached hydrogen (secondary N) is 1. The fraction of sp³-hybridized carbons (Fsp3) is 0.375. The first-order valence-electron chi connectivity index (χ1n) is 7.50. The molecule has 1 saturated heterocycles. The summed E-state index contributed by atoms with van der Waals surface area (Å²) in [6.45, 7) is 5.08. The highest BCUT2D eigenvalue weighted by Crippen LogP contribution is 2.16. The minimum Gasteiger partial charge on any atom is -0.368 e. The molecular weight excluding hydrogens is 278 g/mol. The van der Waals surface area contributed by atoms with Gasteiger partial charge < -0.3 is 9.80 Å². The summed E-state index contributed by atoms with van der Waals surface area (Å²) in [6.07, 6.45) is 0. The maximum Gasteiger partial charge on any atom is 0.323 e. The molecule has 2 aromatic rings. The molecule has 0 bridgehead atoms. The van der Waals surface area contributed by atoms with Gasteiger partial charge >= 0.3 is 6.03 Å². The van der Waals surface area contributed by atoms with Gasteiger partial charge in [0.05, 0.1) is 0 Å². The Kier molecular flexibility index (Phi) is 4.00. The summed E-state index contributed by atoms with van der Waals surface area (Å²) >= 11 is 0. The van der Waals surface area contributed by atoms with Crippen LogP contribution in [0.25, 0.3) is 0 Å². The van der Waals surface area contributed by atoms with Gasteiger partial charge in [-0.15, -0.1) is 0 Å². The molecule has 0 saturated carbocycles. The Labute approximate surface area is 130 Å². The van der Waals surface area contributed by atoms with Gasteiger partial charge in [-0.3, -0.25) is 10.00 Å². The summed E-state index contributed by atoms with van der Waals surface area (Å²) in [6, 6.07) is 12.1. The van der Waals surface area contributed by atoms with Crippen LogP contribution in [0.3, 0.4) is 0 Å². The number of para-hydroxylation sites is 1. The van der Waals surface area contributed by atoms with E-state index >= 15 is 0 Å². The van der Waals surface area contributed by atoms with E-state index in [1.165, 1.54) is 5.69 Å². The molecule has 1 aliphatic heterocycles. The minimum absolute atomic E-state index is 0.0780. The van der Waals surface area contributed by atoms with Crippen LogP contribution in [-0.4, -0.2) is 46.9 Å². The van der Waals surface area contributed by atoms with Crippen molar-refractivity contribution in [3.63, 3.8) is 0 Å². The highest BCUT2D eigenvalue weighted by Gasteiger charge is 2.21. The molecule has 0 aliphatic carbocycles. The number of aromatic nitrogens is 2. The van der Waals surface area contributed by atoms with Gasteiger partial charge in [-0.2, -0.15) is 5.10 Å². The van der Waals surface area contributed by atoms with Crippen molar-refractivity contribution in [2.45, 2.75) is 6.92 Å². The van der Waals surface area contributed by atoms with Gasteiger partial charge in [0.1, 0.15) is 0 Å². The molecule has 1 fully saturated rings. The summed E-state index contributed by atoms with van der Waals surface area (Å²) in [5.41, 5.74) is 2.23. The number of anilines is 2. The predicted octanol–water partition coefficient (Wildman–Crippen LogP) is 2.08. The second-order valence-corrected chi connectivity index (χ2v) is 5.53. The number of urea groups is 1. The number of hydrogen-bond donors (Lipinski definition) is 1. The first-order valence-corrected chi connectivity index (χ1v) is 7.50. The van der Waals surface area contributed by atoms with Crippen LogP contribution in [-0.2, 0) is 7.05 Å². The topological polar surface area (TPSA) is 53.4 Å². The minimum atomic E-state index is -0.0780. The lowest BCUT2D eigenvalue weighted by Crippen LogP contribution is -2.50. The smallest absolute Gasteiger partial charge is 0.323 e. The Bertz CT molecular complexity index is 624. The van der Waals surface area contributed by atoms with E-state index in [0.29, 0.717) is 18.9 Å². The molecule has 6 heteroatoms. The van der Waals surface area contributed by atoms with Crippen LogP contribution in [0, 0.1) is 6.92 Å². The fourth-order valence-corrected chi connectivity index (χ4v) is 2.62. The number of nitrogens with zero attached hydrogens (tertiary/aromatic N) is 4. The zero-order valence-electron chi connectivity index (χ0n) is 13.0. The van der Waals surface area contributed by atoms with E-state index in [2.05, 4.69) is 27.4 Å². The van der Waals surface area contributed by atoms with Crippen molar-refractivity contribution >= 4 is 17.5 Å². The molecule has 1 aromatic heterocycles. The van der Waals surface area contributed by atoms with Crippen molar-refractivity contribution < 1.29 is 4.79 Å². The monoisotopic (exact) mass is 299 g/mol. The van der Waals surface area contributed by atoms with E-state index in [9.17, 15) is 4.79 Å². The second-order valence-electron chi connectivity index (χ2n) is 5.53. The largest absolute Gasteiger partial charge is 0.368 e. The summed E-state index contributed by atoms with van der Waals surface area (Å²) in [4.78, 5) is 16.4. The first-order chi connectivity index (χ1) is 10.6. The normalized spacial score (nSPS) is 15.0. The molecule has 0 radical (unpaired) electrons. The van der Waals surface area contributed by atoms with E-state index in [1.807, 2.05) is 43.1 Å². The van der Waals surface area contributed by atoms with Gasteiger partial charge in [-0.05, 0) is 19.1 Å². The van der Waals surface area contributed by atoms with Crippen molar-refractivity contribution in [2.75, 3.05) is 36.4 Å². The van der Waals surface area contributed by atoms with Crippen molar-refractivity contribution in [1.82, 2.24) is 14.7 Å². The molecule has 2 heterocycles. The van der Waals surface area contributed by atoms with Crippen molar-refractivity contribution in [3.8, 4) is 0 Å². The molecule has 3 rings (SSSR count). The molecule has 0 atom stereocenters. The Morgan fingerprint density at radius 2 is 1.82 bits per heavy atom. The molecule has 2 amide bonds. The van der Waals surface area contributed by atoms with Crippen molar-refractivity contribution in [3.05, 3.63) is 42.1 Å². The average molecular weight is 299 g/mol. The number of carbonyl (C=O) groups excluding carboxylic acids is 1. The molecular formula is C16H21N5O. The third-order valence-electron chi connectivity index (χ3n) is 4.04. The summed E-state index contributed by atoms with van der Waals surface area (Å²) < 4.78 is 1.75.